The van der Waals surface area contributed by atoms with Gasteiger partial charge in [-0.1, -0.05) is 158 Å². The summed E-state index contributed by atoms with van der Waals surface area (Å²) < 4.78 is 47.2. The molecular weight excluding hydrogens is 593 g/mol. The van der Waals surface area contributed by atoms with Gasteiger partial charge in [0.1, 0.15) is 11.2 Å². The Balaban J connectivity index is 1.08. The summed E-state index contributed by atoms with van der Waals surface area (Å²) in [5.41, 5.74) is 9.15. The van der Waals surface area contributed by atoms with E-state index in [4.69, 9.17) is 11.3 Å². The van der Waals surface area contributed by atoms with Gasteiger partial charge in [-0.25, -0.2) is 0 Å². The molecule has 9 aromatic carbocycles. The van der Waals surface area contributed by atoms with Gasteiger partial charge >= 0.3 is 0 Å². The lowest BCUT2D eigenvalue weighted by atomic mass is 9.85. The predicted molar refractivity (Wildman–Crippen MR) is 208 cm³/mol. The molecule has 10 aromatic rings. The van der Waals surface area contributed by atoms with Gasteiger partial charge in [-0.2, -0.15) is 0 Å². The van der Waals surface area contributed by atoms with Crippen molar-refractivity contribution in [3.8, 4) is 44.5 Å². The Morgan fingerprint density at radius 2 is 0.776 bits per heavy atom. The Morgan fingerprint density at radius 3 is 1.37 bits per heavy atom. The fourth-order valence-electron chi connectivity index (χ4n) is 7.42. The van der Waals surface area contributed by atoms with Crippen molar-refractivity contribution in [1.82, 2.24) is 0 Å². The standard InChI is InChI=1S/C48H30O/c1-2-10-31(11-3-1)32-18-20-33(21-19-32)34-22-24-35(25-23-34)47-39-14-6-8-16-41(39)48(42-17-9-7-15-40(42)47)38-26-27-45-43(29-38)44-28-36-12-4-5-13-37(36)30-46(44)49-45/h1-30H/i1D,2D,3D,10D,11D. The molecule has 0 unspecified atom stereocenters. The van der Waals surface area contributed by atoms with Crippen LogP contribution in [-0.4, -0.2) is 0 Å². The van der Waals surface area contributed by atoms with Gasteiger partial charge in [0.2, 0.25) is 0 Å². The van der Waals surface area contributed by atoms with Crippen LogP contribution >= 0.6 is 0 Å². The molecule has 0 atom stereocenters. The molecule has 0 aliphatic heterocycles. The molecule has 0 N–H and O–H groups in total. The monoisotopic (exact) mass is 627 g/mol. The normalized spacial score (nSPS) is 13.1. The van der Waals surface area contributed by atoms with Crippen molar-refractivity contribution in [2.24, 2.45) is 0 Å². The lowest BCUT2D eigenvalue weighted by Crippen LogP contribution is -1.91. The number of rotatable bonds is 4. The Bertz CT molecular complexity index is 3060. The zero-order valence-electron chi connectivity index (χ0n) is 31.3. The van der Waals surface area contributed by atoms with Gasteiger partial charge in [0.25, 0.3) is 0 Å². The third-order valence-electron chi connectivity index (χ3n) is 9.74. The first kappa shape index (κ1) is 23.0. The minimum Gasteiger partial charge on any atom is -0.456 e. The molecule has 1 heterocycles. The van der Waals surface area contributed by atoms with Crippen molar-refractivity contribution in [3.63, 3.8) is 0 Å². The van der Waals surface area contributed by atoms with Crippen LogP contribution in [0.15, 0.2) is 186 Å². The van der Waals surface area contributed by atoms with Crippen LogP contribution in [-0.2, 0) is 0 Å². The van der Waals surface area contributed by atoms with E-state index in [0.717, 1.165) is 49.6 Å². The summed E-state index contributed by atoms with van der Waals surface area (Å²) in [6, 6.07) is 51.2. The van der Waals surface area contributed by atoms with E-state index in [1.54, 1.807) is 0 Å². The molecule has 0 bridgehead atoms. The molecule has 0 aliphatic rings. The van der Waals surface area contributed by atoms with Crippen molar-refractivity contribution in [2.45, 2.75) is 0 Å². The Morgan fingerprint density at radius 1 is 0.327 bits per heavy atom. The summed E-state index contributed by atoms with van der Waals surface area (Å²) in [6.07, 6.45) is 0. The van der Waals surface area contributed by atoms with Crippen molar-refractivity contribution in [3.05, 3.63) is 182 Å². The van der Waals surface area contributed by atoms with E-state index in [1.165, 1.54) is 38.1 Å². The third kappa shape index (κ3) is 4.55. The molecule has 228 valence electrons. The smallest absolute Gasteiger partial charge is 0.136 e. The first-order valence-corrected chi connectivity index (χ1v) is 16.4. The molecule has 49 heavy (non-hydrogen) atoms. The highest BCUT2D eigenvalue weighted by Gasteiger charge is 2.18. The quantitative estimate of drug-likeness (QED) is 0.177. The molecule has 0 fully saturated rings. The van der Waals surface area contributed by atoms with E-state index in [2.05, 4.69) is 127 Å². The summed E-state index contributed by atoms with van der Waals surface area (Å²) in [5.74, 6) is 0. The first-order chi connectivity index (χ1) is 26.4. The van der Waals surface area contributed by atoms with E-state index in [0.29, 0.717) is 5.56 Å². The van der Waals surface area contributed by atoms with Crippen LogP contribution in [0.2, 0.25) is 0 Å². The number of hydrogen-bond donors (Lipinski definition) is 0. The van der Waals surface area contributed by atoms with Crippen molar-refractivity contribution < 1.29 is 11.3 Å². The molecule has 10 rings (SSSR count). The van der Waals surface area contributed by atoms with Gasteiger partial charge in [0, 0.05) is 10.8 Å². The average Bonchev–Trinajstić information content (AvgIpc) is 3.57. The molecule has 0 saturated heterocycles. The maximum atomic E-state index is 8.37. The maximum absolute atomic E-state index is 8.37. The highest BCUT2D eigenvalue weighted by molar-refractivity contribution is 6.22. The predicted octanol–water partition coefficient (Wildman–Crippen LogP) is 13.7. The van der Waals surface area contributed by atoms with Crippen molar-refractivity contribution >= 4 is 54.3 Å². The van der Waals surface area contributed by atoms with Gasteiger partial charge in [-0.15, -0.1) is 0 Å². The van der Waals surface area contributed by atoms with Crippen molar-refractivity contribution in [2.75, 3.05) is 0 Å². The van der Waals surface area contributed by atoms with Gasteiger partial charge in [0.15, 0.2) is 0 Å². The van der Waals surface area contributed by atoms with Crippen molar-refractivity contribution in [1.29, 1.82) is 0 Å². The number of hydrogen-bond acceptors (Lipinski definition) is 1. The lowest BCUT2D eigenvalue weighted by molar-refractivity contribution is 0.669. The van der Waals surface area contributed by atoms with E-state index >= 15 is 0 Å². The fraction of sp³-hybridized carbons (Fsp3) is 0. The third-order valence-corrected chi connectivity index (χ3v) is 9.74. The Labute approximate surface area is 291 Å². The topological polar surface area (TPSA) is 13.1 Å². The second kappa shape index (κ2) is 11.1. The molecule has 0 amide bonds. The van der Waals surface area contributed by atoms with Gasteiger partial charge in [-0.3, -0.25) is 0 Å². The van der Waals surface area contributed by atoms with Crippen LogP contribution < -0.4 is 0 Å². The second-order valence-corrected chi connectivity index (χ2v) is 12.5. The van der Waals surface area contributed by atoms with Gasteiger partial charge < -0.3 is 4.42 Å². The zero-order chi connectivity index (χ0) is 36.7. The van der Waals surface area contributed by atoms with Gasteiger partial charge in [-0.05, 0) is 101 Å². The highest BCUT2D eigenvalue weighted by atomic mass is 16.3. The SMILES string of the molecule is [2H]c1c([2H])c([2H])c(-c2ccc(-c3ccc(-c4c5ccccc5c(-c5ccc6oc7cc8ccccc8cc7c6c5)c5ccccc45)cc3)cc2)c([2H])c1[2H]. The van der Waals surface area contributed by atoms with Crippen LogP contribution in [0.1, 0.15) is 6.85 Å². The maximum Gasteiger partial charge on any atom is 0.136 e. The minimum absolute atomic E-state index is 0.201. The van der Waals surface area contributed by atoms with E-state index in [1.807, 2.05) is 24.3 Å². The van der Waals surface area contributed by atoms with Crippen LogP contribution in [0.3, 0.4) is 0 Å². The number of benzene rings is 9. The van der Waals surface area contributed by atoms with Crippen LogP contribution in [0.25, 0.3) is 98.8 Å². The van der Waals surface area contributed by atoms with Crippen LogP contribution in [0.4, 0.5) is 0 Å². The molecule has 1 aromatic heterocycles. The molecular formula is C48H30O. The number of fused-ring (bicyclic) bond motifs is 6. The first-order valence-electron chi connectivity index (χ1n) is 18.9. The second-order valence-electron chi connectivity index (χ2n) is 12.5. The lowest BCUT2D eigenvalue weighted by Gasteiger charge is -2.18. The molecule has 0 spiro atoms. The van der Waals surface area contributed by atoms with Crippen LogP contribution in [0, 0.1) is 0 Å². The molecule has 0 radical (unpaired) electrons. The summed E-state index contributed by atoms with van der Waals surface area (Å²) in [5, 5.41) is 9.26. The highest BCUT2D eigenvalue weighted by Crippen LogP contribution is 2.45. The van der Waals surface area contributed by atoms with E-state index < -0.39 is 0 Å². The van der Waals surface area contributed by atoms with Gasteiger partial charge in [0.05, 0.1) is 6.85 Å². The number of furan rings is 1. The van der Waals surface area contributed by atoms with E-state index in [9.17, 15) is 0 Å². The molecule has 1 nitrogen and oxygen atoms in total. The Kier molecular flexibility index (Phi) is 5.20. The zero-order valence-corrected chi connectivity index (χ0v) is 26.3. The fourth-order valence-corrected chi connectivity index (χ4v) is 7.42. The summed E-state index contributed by atoms with van der Waals surface area (Å²) in [6.45, 7) is 0. The molecule has 1 heteroatoms. The van der Waals surface area contributed by atoms with Crippen LogP contribution in [0.5, 0.6) is 0 Å². The molecule has 0 aliphatic carbocycles. The largest absolute Gasteiger partial charge is 0.456 e. The summed E-state index contributed by atoms with van der Waals surface area (Å²) >= 11 is 0. The average molecular weight is 628 g/mol. The minimum atomic E-state index is -0.390. The van der Waals surface area contributed by atoms with E-state index in [-0.39, 0.29) is 35.8 Å². The Hall–Kier alpha value is -6.44. The summed E-state index contributed by atoms with van der Waals surface area (Å²) in [4.78, 5) is 0. The summed E-state index contributed by atoms with van der Waals surface area (Å²) in [7, 11) is 0. The molecule has 0 saturated carbocycles.